The number of likely N-dealkylation sites (tertiary alicyclic amines) is 1. The molecule has 0 bridgehead atoms. The Morgan fingerprint density at radius 3 is 2.53 bits per heavy atom. The van der Waals surface area contributed by atoms with Gasteiger partial charge in [-0.05, 0) is 38.4 Å². The zero-order valence-corrected chi connectivity index (χ0v) is 11.9. The van der Waals surface area contributed by atoms with Crippen LogP contribution < -0.4 is 0 Å². The minimum Gasteiger partial charge on any atom is -0.321 e. The summed E-state index contributed by atoms with van der Waals surface area (Å²) in [5.41, 5.74) is -0.0875. The molecule has 108 valence electrons. The highest BCUT2D eigenvalue weighted by molar-refractivity contribution is 6.28. The molecule has 1 fully saturated rings. The molecular weight excluding hydrogens is 279 g/mol. The van der Waals surface area contributed by atoms with Crippen LogP contribution >= 0.6 is 11.6 Å². The van der Waals surface area contributed by atoms with Crippen LogP contribution in [-0.4, -0.2) is 32.7 Å². The fourth-order valence-corrected chi connectivity index (χ4v) is 2.91. The summed E-state index contributed by atoms with van der Waals surface area (Å²) in [4.78, 5) is 5.80. The smallest absolute Gasteiger partial charge is 0.321 e. The Morgan fingerprint density at radius 2 is 2.11 bits per heavy atom. The summed E-state index contributed by atoms with van der Waals surface area (Å²) in [5, 5.41) is 0.347. The molecular formula is C12H17ClF3N3. The lowest BCUT2D eigenvalue weighted by molar-refractivity contribution is -0.192. The zero-order valence-electron chi connectivity index (χ0n) is 11.1. The molecule has 0 aliphatic carbocycles. The van der Waals surface area contributed by atoms with Crippen molar-refractivity contribution in [2.75, 3.05) is 6.54 Å². The van der Waals surface area contributed by atoms with Gasteiger partial charge in [0.15, 0.2) is 0 Å². The van der Waals surface area contributed by atoms with Crippen LogP contribution in [0.1, 0.15) is 26.0 Å². The third-order valence-electron chi connectivity index (χ3n) is 4.13. The molecule has 7 heteroatoms. The summed E-state index contributed by atoms with van der Waals surface area (Å²) in [6.45, 7) is 4.15. The van der Waals surface area contributed by atoms with Gasteiger partial charge < -0.3 is 4.57 Å². The van der Waals surface area contributed by atoms with E-state index in [1.54, 1.807) is 31.7 Å². The van der Waals surface area contributed by atoms with E-state index in [-0.39, 0.29) is 6.42 Å². The molecule has 0 amide bonds. The highest BCUT2D eigenvalue weighted by Gasteiger charge is 2.54. The minimum atomic E-state index is -4.15. The van der Waals surface area contributed by atoms with Crippen molar-refractivity contribution < 1.29 is 13.2 Å². The molecule has 0 aromatic carbocycles. The van der Waals surface area contributed by atoms with Crippen molar-refractivity contribution in [1.82, 2.24) is 14.5 Å². The van der Waals surface area contributed by atoms with Gasteiger partial charge in [0.2, 0.25) is 5.28 Å². The third kappa shape index (κ3) is 2.60. The van der Waals surface area contributed by atoms with E-state index in [4.69, 9.17) is 11.6 Å². The van der Waals surface area contributed by atoms with Gasteiger partial charge in [0.25, 0.3) is 0 Å². The molecule has 19 heavy (non-hydrogen) atoms. The van der Waals surface area contributed by atoms with E-state index in [1.165, 1.54) is 0 Å². The molecule has 1 aliphatic rings. The Morgan fingerprint density at radius 1 is 1.47 bits per heavy atom. The number of hydrogen-bond donors (Lipinski definition) is 0. The second kappa shape index (κ2) is 4.66. The molecule has 1 atom stereocenters. The molecule has 0 spiro atoms. The molecule has 1 saturated heterocycles. The number of imidazole rings is 1. The Balaban J connectivity index is 2.17. The highest BCUT2D eigenvalue weighted by atomic mass is 35.5. The van der Waals surface area contributed by atoms with Crippen LogP contribution in [0.4, 0.5) is 13.2 Å². The van der Waals surface area contributed by atoms with Crippen molar-refractivity contribution in [3.63, 3.8) is 0 Å². The molecule has 2 heterocycles. The van der Waals surface area contributed by atoms with E-state index in [2.05, 4.69) is 4.98 Å². The summed E-state index contributed by atoms with van der Waals surface area (Å²) in [6.07, 6.45) is -2.40. The number of halogens is 4. The largest absolute Gasteiger partial charge is 0.393 e. The van der Waals surface area contributed by atoms with E-state index >= 15 is 0 Å². The predicted molar refractivity (Wildman–Crippen MR) is 66.9 cm³/mol. The second-order valence-electron chi connectivity index (χ2n) is 5.54. The van der Waals surface area contributed by atoms with Gasteiger partial charge in [-0.2, -0.15) is 13.2 Å². The van der Waals surface area contributed by atoms with E-state index in [1.807, 2.05) is 4.90 Å². The molecule has 0 radical (unpaired) electrons. The van der Waals surface area contributed by atoms with Crippen LogP contribution in [0.5, 0.6) is 0 Å². The van der Waals surface area contributed by atoms with Crippen molar-refractivity contribution in [2.45, 2.75) is 38.5 Å². The fraction of sp³-hybridized carbons (Fsp3) is 0.750. The Kier molecular flexibility index (Phi) is 3.60. The molecule has 1 aromatic heterocycles. The maximum Gasteiger partial charge on any atom is 0.393 e. The molecule has 3 nitrogen and oxygen atoms in total. The van der Waals surface area contributed by atoms with Crippen molar-refractivity contribution in [1.29, 1.82) is 0 Å². The summed E-state index contributed by atoms with van der Waals surface area (Å²) in [6, 6.07) is 0. The number of rotatable bonds is 2. The lowest BCUT2D eigenvalue weighted by Crippen LogP contribution is -2.47. The van der Waals surface area contributed by atoms with E-state index in [0.29, 0.717) is 18.4 Å². The van der Waals surface area contributed by atoms with Crippen LogP contribution in [0.3, 0.4) is 0 Å². The van der Waals surface area contributed by atoms with Gasteiger partial charge in [-0.15, -0.1) is 0 Å². The summed E-state index contributed by atoms with van der Waals surface area (Å²) >= 11 is 5.84. The summed E-state index contributed by atoms with van der Waals surface area (Å²) < 4.78 is 40.7. The average Bonchev–Trinajstić information content (AvgIpc) is 2.72. The second-order valence-corrected chi connectivity index (χ2v) is 5.87. The standard InChI is InChI=1S/C12H17ClF3N3/c1-11(2)9(12(14,15)16)4-5-19(11)7-8-6-17-10(13)18(8)3/h6,9H,4-5,7H2,1-3H3. The maximum absolute atomic E-state index is 13.0. The van der Waals surface area contributed by atoms with Gasteiger partial charge in [0.05, 0.1) is 17.8 Å². The van der Waals surface area contributed by atoms with Gasteiger partial charge >= 0.3 is 6.18 Å². The van der Waals surface area contributed by atoms with Crippen molar-refractivity contribution in [3.8, 4) is 0 Å². The molecule has 1 aromatic rings. The van der Waals surface area contributed by atoms with Crippen LogP contribution in [-0.2, 0) is 13.6 Å². The first-order chi connectivity index (χ1) is 8.64. The predicted octanol–water partition coefficient (Wildman–Crippen LogP) is 3.24. The van der Waals surface area contributed by atoms with Crippen LogP contribution in [0.25, 0.3) is 0 Å². The maximum atomic E-state index is 13.0. The van der Waals surface area contributed by atoms with Gasteiger partial charge in [0.1, 0.15) is 0 Å². The van der Waals surface area contributed by atoms with Crippen LogP contribution in [0, 0.1) is 5.92 Å². The Bertz CT molecular complexity index is 467. The van der Waals surface area contributed by atoms with Crippen LogP contribution in [0.15, 0.2) is 6.20 Å². The molecule has 1 unspecified atom stereocenters. The van der Waals surface area contributed by atoms with Crippen molar-refractivity contribution in [3.05, 3.63) is 17.2 Å². The number of hydrogen-bond acceptors (Lipinski definition) is 2. The first kappa shape index (κ1) is 14.7. The quantitative estimate of drug-likeness (QED) is 0.835. The van der Waals surface area contributed by atoms with Gasteiger partial charge in [-0.1, -0.05) is 0 Å². The average molecular weight is 296 g/mol. The number of alkyl halides is 3. The number of nitrogens with zero attached hydrogens (tertiary/aromatic N) is 3. The van der Waals surface area contributed by atoms with Gasteiger partial charge in [-0.3, -0.25) is 4.90 Å². The Hall–Kier alpha value is -0.750. The molecule has 0 saturated carbocycles. The molecule has 2 rings (SSSR count). The topological polar surface area (TPSA) is 21.1 Å². The molecule has 0 N–H and O–H groups in total. The fourth-order valence-electron chi connectivity index (χ4n) is 2.76. The minimum absolute atomic E-state index is 0.141. The van der Waals surface area contributed by atoms with Gasteiger partial charge in [-0.25, -0.2) is 4.98 Å². The Labute approximate surface area is 115 Å². The summed E-state index contributed by atoms with van der Waals surface area (Å²) in [7, 11) is 1.76. The van der Waals surface area contributed by atoms with E-state index < -0.39 is 17.6 Å². The van der Waals surface area contributed by atoms with Crippen molar-refractivity contribution in [2.24, 2.45) is 13.0 Å². The van der Waals surface area contributed by atoms with Gasteiger partial charge in [0, 0.05) is 19.1 Å². The highest BCUT2D eigenvalue weighted by Crippen LogP contribution is 2.45. The number of aromatic nitrogens is 2. The SMILES string of the molecule is Cn1c(CN2CCC(C(F)(F)F)C2(C)C)cnc1Cl. The van der Waals surface area contributed by atoms with E-state index in [9.17, 15) is 13.2 Å². The monoisotopic (exact) mass is 295 g/mol. The van der Waals surface area contributed by atoms with Crippen LogP contribution in [0.2, 0.25) is 5.28 Å². The van der Waals surface area contributed by atoms with E-state index in [0.717, 1.165) is 5.69 Å². The third-order valence-corrected chi connectivity index (χ3v) is 4.48. The summed E-state index contributed by atoms with van der Waals surface area (Å²) in [5.74, 6) is -1.29. The lowest BCUT2D eigenvalue weighted by atomic mass is 9.88. The zero-order chi connectivity index (χ0) is 14.4. The lowest BCUT2D eigenvalue weighted by Gasteiger charge is -2.36. The molecule has 1 aliphatic heterocycles. The first-order valence-electron chi connectivity index (χ1n) is 6.12. The normalized spacial score (nSPS) is 24.1. The first-order valence-corrected chi connectivity index (χ1v) is 6.49. The van der Waals surface area contributed by atoms with Crippen molar-refractivity contribution >= 4 is 11.6 Å².